The van der Waals surface area contributed by atoms with Crippen molar-refractivity contribution in [3.05, 3.63) is 29.8 Å². The molecule has 1 amide bonds. The number of benzene rings is 1. The number of hydrogen-bond acceptors (Lipinski definition) is 3. The number of thiocarbonyl (C=S) groups is 1. The van der Waals surface area contributed by atoms with Gasteiger partial charge in [0.25, 0.3) is 0 Å². The summed E-state index contributed by atoms with van der Waals surface area (Å²) in [5.41, 5.74) is 7.14. The zero-order chi connectivity index (χ0) is 15.4. The van der Waals surface area contributed by atoms with Crippen LogP contribution in [0.2, 0.25) is 0 Å². The highest BCUT2D eigenvalue weighted by molar-refractivity contribution is 7.80. The molecule has 1 aromatic rings. The summed E-state index contributed by atoms with van der Waals surface area (Å²) in [4.78, 5) is 14.9. The summed E-state index contributed by atoms with van der Waals surface area (Å²) < 4.78 is 0. The van der Waals surface area contributed by atoms with Crippen LogP contribution in [-0.4, -0.2) is 34.9 Å². The molecule has 1 saturated carbocycles. The summed E-state index contributed by atoms with van der Waals surface area (Å²) in [6.07, 6.45) is 4.92. The Kier molecular flexibility index (Phi) is 5.31. The monoisotopic (exact) mass is 305 g/mol. The second-order valence-electron chi connectivity index (χ2n) is 5.71. The highest BCUT2D eigenvalue weighted by Gasteiger charge is 2.27. The lowest BCUT2D eigenvalue weighted by atomic mass is 10.1. The van der Waals surface area contributed by atoms with E-state index >= 15 is 0 Å². The van der Waals surface area contributed by atoms with Gasteiger partial charge in [0.1, 0.15) is 4.99 Å². The molecule has 0 heterocycles. The van der Waals surface area contributed by atoms with Crippen molar-refractivity contribution in [1.82, 2.24) is 4.90 Å². The lowest BCUT2D eigenvalue weighted by Crippen LogP contribution is -2.44. The molecule has 1 aromatic carbocycles. The Hall–Kier alpha value is -1.46. The van der Waals surface area contributed by atoms with E-state index in [4.69, 9.17) is 18.0 Å². The van der Waals surface area contributed by atoms with Gasteiger partial charge < -0.3 is 11.1 Å². The van der Waals surface area contributed by atoms with Crippen LogP contribution in [-0.2, 0) is 4.79 Å². The van der Waals surface area contributed by atoms with Crippen LogP contribution in [0.4, 0.5) is 5.69 Å². The fourth-order valence-electron chi connectivity index (χ4n) is 2.78. The standard InChI is InChI=1S/C16H23N3OS/c1-11(19(2)14-5-3-4-6-14)16(20)18-13-9-7-12(8-10-13)15(17)21/h7-11,14H,3-6H2,1-2H3,(H2,17,21)(H,18,20). The predicted molar refractivity (Wildman–Crippen MR) is 90.4 cm³/mol. The van der Waals surface area contributed by atoms with Gasteiger partial charge in [-0.05, 0) is 51.1 Å². The molecular weight excluding hydrogens is 282 g/mol. The van der Waals surface area contributed by atoms with Gasteiger partial charge in [-0.25, -0.2) is 0 Å². The lowest BCUT2D eigenvalue weighted by molar-refractivity contribution is -0.121. The molecule has 1 aliphatic rings. The minimum absolute atomic E-state index is 0.0208. The summed E-state index contributed by atoms with van der Waals surface area (Å²) in [6, 6.07) is 7.70. The fourth-order valence-corrected chi connectivity index (χ4v) is 2.91. The van der Waals surface area contributed by atoms with Crippen LogP contribution in [0.5, 0.6) is 0 Å². The fraction of sp³-hybridized carbons (Fsp3) is 0.500. The molecule has 0 saturated heterocycles. The summed E-state index contributed by atoms with van der Waals surface area (Å²) in [5, 5.41) is 2.95. The van der Waals surface area contributed by atoms with Crippen molar-refractivity contribution >= 4 is 28.8 Å². The number of rotatable bonds is 5. The predicted octanol–water partition coefficient (Wildman–Crippen LogP) is 2.52. The quantitative estimate of drug-likeness (QED) is 0.821. The van der Waals surface area contributed by atoms with E-state index in [-0.39, 0.29) is 11.9 Å². The third-order valence-corrected chi connectivity index (χ3v) is 4.56. The van der Waals surface area contributed by atoms with Gasteiger partial charge in [0.05, 0.1) is 6.04 Å². The van der Waals surface area contributed by atoms with Crippen LogP contribution in [0, 0.1) is 0 Å². The maximum atomic E-state index is 12.3. The Morgan fingerprint density at radius 1 is 1.33 bits per heavy atom. The van der Waals surface area contributed by atoms with Crippen molar-refractivity contribution in [2.24, 2.45) is 5.73 Å². The van der Waals surface area contributed by atoms with Gasteiger partial charge in [0, 0.05) is 17.3 Å². The summed E-state index contributed by atoms with van der Waals surface area (Å²) in [7, 11) is 2.04. The number of carbonyl (C=O) groups is 1. The number of amides is 1. The first kappa shape index (κ1) is 15.9. The Bertz CT molecular complexity index is 509. The molecule has 1 atom stereocenters. The molecule has 0 spiro atoms. The molecule has 4 nitrogen and oxygen atoms in total. The normalized spacial score (nSPS) is 16.9. The number of likely N-dealkylation sites (N-methyl/N-ethyl adjacent to an activating group) is 1. The highest BCUT2D eigenvalue weighted by Crippen LogP contribution is 2.24. The van der Waals surface area contributed by atoms with Gasteiger partial charge in [-0.2, -0.15) is 0 Å². The second kappa shape index (κ2) is 7.00. The summed E-state index contributed by atoms with van der Waals surface area (Å²) >= 11 is 4.91. The number of nitrogens with one attached hydrogen (secondary N) is 1. The SMILES string of the molecule is CC(C(=O)Nc1ccc(C(N)=S)cc1)N(C)C1CCCC1. The van der Waals surface area contributed by atoms with Crippen LogP contribution < -0.4 is 11.1 Å². The largest absolute Gasteiger partial charge is 0.389 e. The van der Waals surface area contributed by atoms with E-state index in [1.54, 1.807) is 0 Å². The first-order valence-electron chi connectivity index (χ1n) is 7.41. The zero-order valence-corrected chi connectivity index (χ0v) is 13.5. The maximum absolute atomic E-state index is 12.3. The summed E-state index contributed by atoms with van der Waals surface area (Å²) in [5.74, 6) is 0.0208. The van der Waals surface area contributed by atoms with Crippen LogP contribution in [0.1, 0.15) is 38.2 Å². The van der Waals surface area contributed by atoms with Crippen LogP contribution in [0.25, 0.3) is 0 Å². The minimum Gasteiger partial charge on any atom is -0.389 e. The molecule has 0 aliphatic heterocycles. The van der Waals surface area contributed by atoms with Gasteiger partial charge >= 0.3 is 0 Å². The molecule has 1 fully saturated rings. The van der Waals surface area contributed by atoms with E-state index in [0.29, 0.717) is 11.0 Å². The van der Waals surface area contributed by atoms with Crippen LogP contribution >= 0.6 is 12.2 Å². The number of nitrogens with two attached hydrogens (primary N) is 1. The highest BCUT2D eigenvalue weighted by atomic mass is 32.1. The molecule has 1 unspecified atom stereocenters. The van der Waals surface area contributed by atoms with Crippen molar-refractivity contribution in [2.45, 2.75) is 44.7 Å². The van der Waals surface area contributed by atoms with Crippen molar-refractivity contribution in [3.63, 3.8) is 0 Å². The smallest absolute Gasteiger partial charge is 0.241 e. The molecule has 21 heavy (non-hydrogen) atoms. The van der Waals surface area contributed by atoms with Crippen molar-refractivity contribution in [1.29, 1.82) is 0 Å². The van der Waals surface area contributed by atoms with Gasteiger partial charge in [-0.1, -0.05) is 25.1 Å². The van der Waals surface area contributed by atoms with Gasteiger partial charge in [-0.3, -0.25) is 9.69 Å². The van der Waals surface area contributed by atoms with E-state index < -0.39 is 0 Å². The number of anilines is 1. The number of nitrogens with zero attached hydrogens (tertiary/aromatic N) is 1. The molecule has 1 aliphatic carbocycles. The van der Waals surface area contributed by atoms with E-state index in [0.717, 1.165) is 11.3 Å². The van der Waals surface area contributed by atoms with Crippen molar-refractivity contribution in [3.8, 4) is 0 Å². The first-order chi connectivity index (χ1) is 9.99. The van der Waals surface area contributed by atoms with Crippen molar-refractivity contribution < 1.29 is 4.79 Å². The van der Waals surface area contributed by atoms with Gasteiger partial charge in [0.2, 0.25) is 5.91 Å². The Labute approximate surface area is 131 Å². The molecule has 3 N–H and O–H groups in total. The average Bonchev–Trinajstić information content (AvgIpc) is 3.00. The molecule has 0 radical (unpaired) electrons. The van der Waals surface area contributed by atoms with Gasteiger partial charge in [0.15, 0.2) is 0 Å². The Morgan fingerprint density at radius 3 is 2.43 bits per heavy atom. The van der Waals surface area contributed by atoms with E-state index in [1.165, 1.54) is 25.7 Å². The van der Waals surface area contributed by atoms with E-state index in [9.17, 15) is 4.79 Å². The Balaban J connectivity index is 1.94. The second-order valence-corrected chi connectivity index (χ2v) is 6.15. The third kappa shape index (κ3) is 4.02. The van der Waals surface area contributed by atoms with E-state index in [1.807, 2.05) is 38.2 Å². The number of carbonyl (C=O) groups excluding carboxylic acids is 1. The Morgan fingerprint density at radius 2 is 1.90 bits per heavy atom. The average molecular weight is 305 g/mol. The zero-order valence-electron chi connectivity index (χ0n) is 12.6. The molecular formula is C16H23N3OS. The number of hydrogen-bond donors (Lipinski definition) is 2. The minimum atomic E-state index is -0.136. The molecule has 2 rings (SSSR count). The van der Waals surface area contributed by atoms with E-state index in [2.05, 4.69) is 10.2 Å². The topological polar surface area (TPSA) is 58.4 Å². The van der Waals surface area contributed by atoms with Crippen LogP contribution in [0.15, 0.2) is 24.3 Å². The molecule has 5 heteroatoms. The lowest BCUT2D eigenvalue weighted by Gasteiger charge is -2.29. The van der Waals surface area contributed by atoms with Crippen LogP contribution in [0.3, 0.4) is 0 Å². The molecule has 0 bridgehead atoms. The first-order valence-corrected chi connectivity index (χ1v) is 7.82. The van der Waals surface area contributed by atoms with Crippen molar-refractivity contribution in [2.75, 3.05) is 12.4 Å². The van der Waals surface area contributed by atoms with Gasteiger partial charge in [-0.15, -0.1) is 0 Å². The molecule has 0 aromatic heterocycles. The third-order valence-electron chi connectivity index (χ3n) is 4.33. The summed E-state index contributed by atoms with van der Waals surface area (Å²) in [6.45, 7) is 1.96. The maximum Gasteiger partial charge on any atom is 0.241 e. The molecule has 114 valence electrons.